The molecule has 2 fully saturated rings. The molecule has 202 valence electrons. The Labute approximate surface area is 219 Å². The molecule has 1 saturated carbocycles. The normalized spacial score (nSPS) is 24.3. The molecule has 2 aromatic rings. The Kier molecular flexibility index (Phi) is 10.1. The van der Waals surface area contributed by atoms with Crippen molar-refractivity contribution in [2.24, 2.45) is 5.92 Å². The third-order valence-corrected chi connectivity index (χ3v) is 8.67. The molecule has 0 spiro atoms. The van der Waals surface area contributed by atoms with Crippen molar-refractivity contribution in [2.45, 2.75) is 57.3 Å². The molecule has 37 heavy (non-hydrogen) atoms. The van der Waals surface area contributed by atoms with Crippen molar-refractivity contribution in [3.8, 4) is 11.1 Å². The van der Waals surface area contributed by atoms with Crippen LogP contribution in [0.15, 0.2) is 48.5 Å². The Morgan fingerprint density at radius 2 is 1.78 bits per heavy atom. The summed E-state index contributed by atoms with van der Waals surface area (Å²) in [7, 11) is -2.96. The molecule has 8 heteroatoms. The molecule has 1 N–H and O–H groups in total. The van der Waals surface area contributed by atoms with Crippen molar-refractivity contribution >= 4 is 13.2 Å². The smallest absolute Gasteiger partial charge is 0.197 e. The van der Waals surface area contributed by atoms with Crippen LogP contribution in [0.25, 0.3) is 11.1 Å². The summed E-state index contributed by atoms with van der Waals surface area (Å²) in [5, 5.41) is 0. The van der Waals surface area contributed by atoms with Crippen molar-refractivity contribution in [1.29, 1.82) is 0 Å². The number of hydrogen-bond acceptors (Lipinski definition) is 5. The molecular weight excluding hydrogens is 492 g/mol. The Hall–Kier alpha value is -1.89. The molecule has 1 heterocycles. The number of halogens is 1. The molecule has 0 radical (unpaired) electrons. The maximum atomic E-state index is 14.9. The predicted octanol–water partition coefficient (Wildman–Crippen LogP) is 5.52. The van der Waals surface area contributed by atoms with E-state index in [4.69, 9.17) is 9.47 Å². The highest BCUT2D eigenvalue weighted by atomic mass is 31.2. The Bertz CT molecular complexity index is 1070. The summed E-state index contributed by atoms with van der Waals surface area (Å²) in [6.45, 7) is 4.25. The van der Waals surface area contributed by atoms with Crippen molar-refractivity contribution < 1.29 is 28.1 Å². The molecule has 4 unspecified atom stereocenters. The third kappa shape index (κ3) is 8.05. The largest absolute Gasteiger partial charge is 0.379 e. The number of nitrogens with zero attached hydrogens (tertiary/aromatic N) is 1. The van der Waals surface area contributed by atoms with Crippen LogP contribution >= 0.6 is 7.37 Å². The Balaban J connectivity index is 1.38. The van der Waals surface area contributed by atoms with E-state index >= 15 is 0 Å². The van der Waals surface area contributed by atoms with Gasteiger partial charge >= 0.3 is 0 Å². The fraction of sp³-hybridized carbons (Fsp3) is 0.552. The van der Waals surface area contributed by atoms with Crippen LogP contribution in [0.1, 0.15) is 44.1 Å². The summed E-state index contributed by atoms with van der Waals surface area (Å²) in [6.07, 6.45) is 4.80. The van der Waals surface area contributed by atoms with Gasteiger partial charge in [0.1, 0.15) is 5.82 Å². The molecule has 0 bridgehead atoms. The number of carbonyl (C=O) groups is 1. The lowest BCUT2D eigenvalue weighted by molar-refractivity contribution is -0.124. The second-order valence-electron chi connectivity index (χ2n) is 10.4. The van der Waals surface area contributed by atoms with Gasteiger partial charge in [-0.25, -0.2) is 4.39 Å². The first-order valence-electron chi connectivity index (χ1n) is 13.4. The molecule has 1 saturated heterocycles. The van der Waals surface area contributed by atoms with Gasteiger partial charge < -0.3 is 14.4 Å². The van der Waals surface area contributed by atoms with Crippen molar-refractivity contribution in [3.63, 3.8) is 0 Å². The minimum Gasteiger partial charge on any atom is -0.379 e. The minimum absolute atomic E-state index is 0.0485. The highest BCUT2D eigenvalue weighted by molar-refractivity contribution is 7.57. The predicted molar refractivity (Wildman–Crippen MR) is 143 cm³/mol. The zero-order valence-corrected chi connectivity index (χ0v) is 22.6. The maximum Gasteiger partial charge on any atom is 0.197 e. The fourth-order valence-corrected chi connectivity index (χ4v) is 6.39. The van der Waals surface area contributed by atoms with Gasteiger partial charge in [-0.05, 0) is 30.0 Å². The van der Waals surface area contributed by atoms with Crippen LogP contribution in [0.3, 0.4) is 0 Å². The van der Waals surface area contributed by atoms with Crippen LogP contribution in [0, 0.1) is 11.7 Å². The molecule has 4 rings (SSSR count). The fourth-order valence-electron chi connectivity index (χ4n) is 5.58. The number of hydrogen-bond donors (Lipinski definition) is 1. The van der Waals surface area contributed by atoms with Gasteiger partial charge in [-0.1, -0.05) is 61.7 Å². The van der Waals surface area contributed by atoms with Crippen LogP contribution in [0.4, 0.5) is 4.39 Å². The molecular formula is C29H39FNO5P. The lowest BCUT2D eigenvalue weighted by Crippen LogP contribution is -2.49. The van der Waals surface area contributed by atoms with Crippen molar-refractivity contribution in [1.82, 2.24) is 4.90 Å². The van der Waals surface area contributed by atoms with Gasteiger partial charge in [-0.2, -0.15) is 0 Å². The number of morpholine rings is 1. The first kappa shape index (κ1) is 28.1. The molecule has 1 aliphatic carbocycles. The van der Waals surface area contributed by atoms with Gasteiger partial charge in [0, 0.05) is 43.8 Å². The van der Waals surface area contributed by atoms with E-state index in [-0.39, 0.29) is 36.3 Å². The summed E-state index contributed by atoms with van der Waals surface area (Å²) in [6, 6.07) is 14.7. The average Bonchev–Trinajstić information content (AvgIpc) is 3.20. The number of carbonyl (C=O) groups excluding carboxylic acids is 1. The lowest BCUT2D eigenvalue weighted by Gasteiger charge is -2.35. The van der Waals surface area contributed by atoms with Gasteiger partial charge in [-0.3, -0.25) is 14.3 Å². The van der Waals surface area contributed by atoms with Gasteiger partial charge in [0.2, 0.25) is 0 Å². The zero-order valence-electron chi connectivity index (χ0n) is 21.7. The van der Waals surface area contributed by atoms with E-state index in [0.717, 1.165) is 56.3 Å². The summed E-state index contributed by atoms with van der Waals surface area (Å²) in [5.41, 5.74) is 2.28. The number of Topliss-reactive ketones (excluding diaryl/α,β-unsaturated/α-hetero) is 1. The highest BCUT2D eigenvalue weighted by Crippen LogP contribution is 2.37. The summed E-state index contributed by atoms with van der Waals surface area (Å²) in [4.78, 5) is 24.8. The SMILES string of the molecule is CP(=O)(O)CCCCCCC1C(OCc2ccc(-c3ccccc3)cc2F)CC(=O)C1N1CCOCC1. The Morgan fingerprint density at radius 3 is 2.49 bits per heavy atom. The van der Waals surface area contributed by atoms with Crippen LogP contribution in [0.5, 0.6) is 0 Å². The molecule has 0 aromatic heterocycles. The summed E-state index contributed by atoms with van der Waals surface area (Å²) < 4.78 is 38.2. The first-order valence-corrected chi connectivity index (χ1v) is 15.7. The topological polar surface area (TPSA) is 76.1 Å². The number of ether oxygens (including phenoxy) is 2. The van der Waals surface area contributed by atoms with E-state index in [1.165, 1.54) is 6.66 Å². The molecule has 2 aliphatic rings. The quantitative estimate of drug-likeness (QED) is 0.287. The molecule has 4 atom stereocenters. The van der Waals surface area contributed by atoms with E-state index in [9.17, 15) is 18.6 Å². The molecule has 6 nitrogen and oxygen atoms in total. The van der Waals surface area contributed by atoms with Gasteiger partial charge in [-0.15, -0.1) is 0 Å². The zero-order chi connectivity index (χ0) is 26.3. The molecule has 0 amide bonds. The van der Waals surface area contributed by atoms with E-state index in [0.29, 0.717) is 31.4 Å². The number of unbranched alkanes of at least 4 members (excludes halogenated alkanes) is 3. The number of benzene rings is 2. The van der Waals surface area contributed by atoms with Gasteiger partial charge in [0.15, 0.2) is 13.2 Å². The van der Waals surface area contributed by atoms with Crippen molar-refractivity contribution in [3.05, 3.63) is 59.9 Å². The van der Waals surface area contributed by atoms with Gasteiger partial charge in [0.05, 0.1) is 32.0 Å². The van der Waals surface area contributed by atoms with E-state index in [2.05, 4.69) is 4.90 Å². The third-order valence-electron chi connectivity index (χ3n) is 7.53. The second-order valence-corrected chi connectivity index (χ2v) is 13.0. The summed E-state index contributed by atoms with van der Waals surface area (Å²) >= 11 is 0. The number of rotatable bonds is 12. The molecule has 2 aromatic carbocycles. The molecule has 1 aliphatic heterocycles. The van der Waals surface area contributed by atoms with Crippen LogP contribution < -0.4 is 0 Å². The van der Waals surface area contributed by atoms with Crippen LogP contribution in [0.2, 0.25) is 0 Å². The standard InChI is InChI=1S/C29H39FNO5P/c1-37(33,34)18-8-3-2-7-11-25-28(20-27(32)29(25)31-14-16-35-17-15-31)36-21-24-13-12-23(19-26(24)30)22-9-5-4-6-10-22/h4-6,9-10,12-13,19,25,28-29H,2-3,7-8,11,14-18,20-21H2,1H3,(H,33,34). The minimum atomic E-state index is -2.96. The summed E-state index contributed by atoms with van der Waals surface area (Å²) in [5.74, 6) is -0.0552. The van der Waals surface area contributed by atoms with Gasteiger partial charge in [0.25, 0.3) is 0 Å². The monoisotopic (exact) mass is 531 g/mol. The van der Waals surface area contributed by atoms with E-state index in [1.807, 2.05) is 36.4 Å². The highest BCUT2D eigenvalue weighted by Gasteiger charge is 2.45. The first-order chi connectivity index (χ1) is 17.8. The van der Waals surface area contributed by atoms with Crippen molar-refractivity contribution in [2.75, 3.05) is 39.1 Å². The maximum absolute atomic E-state index is 14.9. The Morgan fingerprint density at radius 1 is 1.05 bits per heavy atom. The van der Waals surface area contributed by atoms with E-state index in [1.54, 1.807) is 12.1 Å². The number of ketones is 1. The average molecular weight is 532 g/mol. The lowest BCUT2D eigenvalue weighted by atomic mass is 9.92. The van der Waals surface area contributed by atoms with E-state index < -0.39 is 7.37 Å². The van der Waals surface area contributed by atoms with Crippen LogP contribution in [-0.4, -0.2) is 66.9 Å². The van der Waals surface area contributed by atoms with Crippen LogP contribution in [-0.2, 0) is 25.4 Å². The second kappa shape index (κ2) is 13.3.